The van der Waals surface area contributed by atoms with Gasteiger partial charge in [0.05, 0.1) is 16.1 Å². The second-order valence-corrected chi connectivity index (χ2v) is 8.51. The molecule has 3 aromatic rings. The summed E-state index contributed by atoms with van der Waals surface area (Å²) in [7, 11) is 0. The Kier molecular flexibility index (Phi) is 7.28. The van der Waals surface area contributed by atoms with Crippen LogP contribution in [0.15, 0.2) is 53.5 Å². The molecule has 33 heavy (non-hydrogen) atoms. The first kappa shape index (κ1) is 22.8. The van der Waals surface area contributed by atoms with Gasteiger partial charge in [-0.2, -0.15) is 5.26 Å². The summed E-state index contributed by atoms with van der Waals surface area (Å²) in [6, 6.07) is 14.3. The molecule has 0 aliphatic carbocycles. The van der Waals surface area contributed by atoms with Gasteiger partial charge in [0, 0.05) is 42.7 Å². The van der Waals surface area contributed by atoms with Crippen molar-refractivity contribution in [3.05, 3.63) is 75.2 Å². The van der Waals surface area contributed by atoms with Gasteiger partial charge in [-0.05, 0) is 44.0 Å². The van der Waals surface area contributed by atoms with Crippen LogP contribution in [0.4, 0.5) is 0 Å². The van der Waals surface area contributed by atoms with Crippen LogP contribution in [0.3, 0.4) is 0 Å². The van der Waals surface area contributed by atoms with Crippen LogP contribution in [0.1, 0.15) is 35.2 Å². The normalized spacial score (nSPS) is 14.7. The quantitative estimate of drug-likeness (QED) is 0.519. The zero-order chi connectivity index (χ0) is 23.2. The third kappa shape index (κ3) is 5.54. The SMILES string of the molecule is N#Cc1ccc(OC2CCN(CCCNC(=O)c3c[nH]c(=O)c4ccccc34)CC2)cc1Cl. The number of aromatic amines is 1. The molecule has 2 heterocycles. The van der Waals surface area contributed by atoms with Gasteiger partial charge in [0.2, 0.25) is 0 Å². The Balaban J connectivity index is 1.20. The molecule has 1 saturated heterocycles. The summed E-state index contributed by atoms with van der Waals surface area (Å²) in [4.78, 5) is 29.6. The maximum atomic E-state index is 12.6. The Labute approximate surface area is 196 Å². The van der Waals surface area contributed by atoms with Gasteiger partial charge in [-0.3, -0.25) is 9.59 Å². The Morgan fingerprint density at radius 3 is 2.70 bits per heavy atom. The van der Waals surface area contributed by atoms with E-state index < -0.39 is 0 Å². The molecular formula is C25H25ClN4O3. The van der Waals surface area contributed by atoms with Crippen molar-refractivity contribution in [2.75, 3.05) is 26.2 Å². The van der Waals surface area contributed by atoms with Crippen molar-refractivity contribution < 1.29 is 9.53 Å². The summed E-state index contributed by atoms with van der Waals surface area (Å²) >= 11 is 6.08. The number of halogens is 1. The highest BCUT2D eigenvalue weighted by atomic mass is 35.5. The molecule has 0 bridgehead atoms. The number of pyridine rings is 1. The lowest BCUT2D eigenvalue weighted by atomic mass is 10.1. The standard InChI is InChI=1S/C25H25ClN4O3/c26-23-14-19(7-6-17(23)15-27)33-18-8-12-30(13-9-18)11-3-10-28-25(32)22-16-29-24(31)21-5-2-1-4-20(21)22/h1-2,4-7,14,16,18H,3,8-13H2,(H,28,32)(H,29,31). The average molecular weight is 465 g/mol. The monoisotopic (exact) mass is 464 g/mol. The molecular weight excluding hydrogens is 440 g/mol. The lowest BCUT2D eigenvalue weighted by Gasteiger charge is -2.32. The van der Waals surface area contributed by atoms with Crippen molar-refractivity contribution >= 4 is 28.3 Å². The number of H-pyrrole nitrogens is 1. The number of nitrogens with one attached hydrogen (secondary N) is 2. The van der Waals surface area contributed by atoms with E-state index in [1.165, 1.54) is 6.20 Å². The molecule has 2 N–H and O–H groups in total. The second-order valence-electron chi connectivity index (χ2n) is 8.10. The fourth-order valence-corrected chi connectivity index (χ4v) is 4.31. The Hall–Kier alpha value is -3.34. The Morgan fingerprint density at radius 1 is 1.21 bits per heavy atom. The van der Waals surface area contributed by atoms with Crippen molar-refractivity contribution in [2.45, 2.75) is 25.4 Å². The number of hydrogen-bond acceptors (Lipinski definition) is 5. The first-order valence-corrected chi connectivity index (χ1v) is 11.4. The van der Waals surface area contributed by atoms with Crippen LogP contribution in [0, 0.1) is 11.3 Å². The van der Waals surface area contributed by atoms with Crippen LogP contribution in [0.2, 0.25) is 5.02 Å². The number of benzene rings is 2. The molecule has 8 heteroatoms. The molecule has 2 aromatic carbocycles. The molecule has 0 atom stereocenters. The maximum absolute atomic E-state index is 12.6. The predicted molar refractivity (Wildman–Crippen MR) is 128 cm³/mol. The van der Waals surface area contributed by atoms with Gasteiger partial charge in [0.1, 0.15) is 17.9 Å². The molecule has 0 spiro atoms. The lowest BCUT2D eigenvalue weighted by Crippen LogP contribution is -2.39. The number of likely N-dealkylation sites (tertiary alicyclic amines) is 1. The number of carbonyl (C=O) groups excluding carboxylic acids is 1. The van der Waals surface area contributed by atoms with Crippen LogP contribution in [0.25, 0.3) is 10.8 Å². The number of hydrogen-bond donors (Lipinski definition) is 2. The van der Waals surface area contributed by atoms with Gasteiger partial charge >= 0.3 is 0 Å². The third-order valence-corrected chi connectivity index (χ3v) is 6.20. The maximum Gasteiger partial charge on any atom is 0.255 e. The number of carbonyl (C=O) groups is 1. The van der Waals surface area contributed by atoms with Crippen LogP contribution < -0.4 is 15.6 Å². The molecule has 1 fully saturated rings. The molecule has 4 rings (SSSR count). The highest BCUT2D eigenvalue weighted by molar-refractivity contribution is 6.31. The number of aromatic nitrogens is 1. The van der Waals surface area contributed by atoms with Crippen LogP contribution in [-0.4, -0.2) is 48.1 Å². The number of piperidine rings is 1. The van der Waals surface area contributed by atoms with Crippen molar-refractivity contribution in [3.63, 3.8) is 0 Å². The average Bonchev–Trinajstić information content (AvgIpc) is 2.83. The van der Waals surface area contributed by atoms with E-state index >= 15 is 0 Å². The van der Waals surface area contributed by atoms with E-state index in [9.17, 15) is 9.59 Å². The highest BCUT2D eigenvalue weighted by Crippen LogP contribution is 2.25. The van der Waals surface area contributed by atoms with Gasteiger partial charge in [-0.25, -0.2) is 0 Å². The van der Waals surface area contributed by atoms with E-state index in [0.29, 0.717) is 39.2 Å². The zero-order valence-electron chi connectivity index (χ0n) is 18.1. The minimum Gasteiger partial charge on any atom is -0.490 e. The third-order valence-electron chi connectivity index (χ3n) is 5.89. The van der Waals surface area contributed by atoms with E-state index in [4.69, 9.17) is 21.6 Å². The summed E-state index contributed by atoms with van der Waals surface area (Å²) in [6.45, 7) is 3.30. The van der Waals surface area contributed by atoms with Gasteiger partial charge in [0.15, 0.2) is 0 Å². The summed E-state index contributed by atoms with van der Waals surface area (Å²) in [5, 5.41) is 13.5. The molecule has 1 amide bonds. The first-order chi connectivity index (χ1) is 16.0. The van der Waals surface area contributed by atoms with Crippen molar-refractivity contribution in [2.24, 2.45) is 0 Å². The molecule has 0 unspecified atom stereocenters. The highest BCUT2D eigenvalue weighted by Gasteiger charge is 2.20. The second kappa shape index (κ2) is 10.5. The largest absolute Gasteiger partial charge is 0.490 e. The van der Waals surface area contributed by atoms with E-state index in [1.807, 2.05) is 12.1 Å². The smallest absolute Gasteiger partial charge is 0.255 e. The summed E-state index contributed by atoms with van der Waals surface area (Å²) in [6.07, 6.45) is 4.26. The van der Waals surface area contributed by atoms with Gasteiger partial charge < -0.3 is 19.9 Å². The predicted octanol–water partition coefficient (Wildman–Crippen LogP) is 3.72. The Bertz CT molecular complexity index is 1240. The topological polar surface area (TPSA) is 98.2 Å². The van der Waals surface area contributed by atoms with E-state index in [2.05, 4.69) is 15.2 Å². The Morgan fingerprint density at radius 2 is 1.97 bits per heavy atom. The molecule has 7 nitrogen and oxygen atoms in total. The summed E-state index contributed by atoms with van der Waals surface area (Å²) < 4.78 is 6.03. The minimum absolute atomic E-state index is 0.124. The number of ether oxygens (including phenoxy) is 1. The van der Waals surface area contributed by atoms with Crippen molar-refractivity contribution in [1.29, 1.82) is 5.26 Å². The molecule has 0 radical (unpaired) electrons. The van der Waals surface area contributed by atoms with Crippen molar-refractivity contribution in [1.82, 2.24) is 15.2 Å². The van der Waals surface area contributed by atoms with Crippen LogP contribution in [0.5, 0.6) is 5.75 Å². The first-order valence-electron chi connectivity index (χ1n) is 11.0. The zero-order valence-corrected chi connectivity index (χ0v) is 18.9. The molecule has 0 saturated carbocycles. The molecule has 1 aromatic heterocycles. The molecule has 1 aliphatic rings. The molecule has 170 valence electrons. The lowest BCUT2D eigenvalue weighted by molar-refractivity contribution is 0.0936. The van der Waals surface area contributed by atoms with Crippen LogP contribution in [-0.2, 0) is 0 Å². The van der Waals surface area contributed by atoms with Gasteiger partial charge in [-0.15, -0.1) is 0 Å². The van der Waals surface area contributed by atoms with E-state index in [1.54, 1.807) is 36.4 Å². The summed E-state index contributed by atoms with van der Waals surface area (Å²) in [5.74, 6) is 0.505. The summed E-state index contributed by atoms with van der Waals surface area (Å²) in [5.41, 5.74) is 0.725. The number of rotatable bonds is 7. The van der Waals surface area contributed by atoms with Gasteiger partial charge in [-0.1, -0.05) is 29.8 Å². The van der Waals surface area contributed by atoms with E-state index in [-0.39, 0.29) is 17.6 Å². The number of fused-ring (bicyclic) bond motifs is 1. The number of nitrogens with zero attached hydrogens (tertiary/aromatic N) is 2. The fourth-order valence-electron chi connectivity index (χ4n) is 4.10. The van der Waals surface area contributed by atoms with Crippen LogP contribution >= 0.6 is 11.6 Å². The number of nitriles is 1. The number of amides is 1. The van der Waals surface area contributed by atoms with Gasteiger partial charge in [0.25, 0.3) is 11.5 Å². The van der Waals surface area contributed by atoms with E-state index in [0.717, 1.165) is 38.9 Å². The molecule has 1 aliphatic heterocycles. The van der Waals surface area contributed by atoms with Crippen molar-refractivity contribution in [3.8, 4) is 11.8 Å². The fraction of sp³-hybridized carbons (Fsp3) is 0.320. The minimum atomic E-state index is -0.197.